The van der Waals surface area contributed by atoms with Crippen molar-refractivity contribution in [3.8, 4) is 0 Å². The first-order valence-electron chi connectivity index (χ1n) is 7.89. The van der Waals surface area contributed by atoms with Crippen molar-refractivity contribution < 1.29 is 14.0 Å². The van der Waals surface area contributed by atoms with E-state index in [0.717, 1.165) is 12.1 Å². The molecule has 5 nitrogen and oxygen atoms in total. The number of nitrogens with zero attached hydrogens (tertiary/aromatic N) is 1. The first-order chi connectivity index (χ1) is 11.2. The van der Waals surface area contributed by atoms with Crippen LogP contribution in [0.3, 0.4) is 0 Å². The summed E-state index contributed by atoms with van der Waals surface area (Å²) in [4.78, 5) is 26.4. The van der Waals surface area contributed by atoms with Crippen LogP contribution in [-0.2, 0) is 22.6 Å². The number of amides is 2. The van der Waals surface area contributed by atoms with Crippen LogP contribution in [0.5, 0.6) is 0 Å². The molecule has 23 heavy (non-hydrogen) atoms. The number of carbonyl (C=O) groups excluding carboxylic acids is 2. The van der Waals surface area contributed by atoms with E-state index in [1.165, 1.54) is 5.56 Å². The van der Waals surface area contributed by atoms with Crippen molar-refractivity contribution in [3.05, 3.63) is 54.0 Å². The number of furan rings is 1. The molecule has 1 saturated heterocycles. The second-order valence-corrected chi connectivity index (χ2v) is 5.65. The van der Waals surface area contributed by atoms with Gasteiger partial charge in [-0.1, -0.05) is 19.1 Å². The van der Waals surface area contributed by atoms with Gasteiger partial charge in [0.15, 0.2) is 0 Å². The molecule has 1 unspecified atom stereocenters. The number of aryl methyl sites for hydroxylation is 1. The summed E-state index contributed by atoms with van der Waals surface area (Å²) >= 11 is 0. The second-order valence-electron chi connectivity index (χ2n) is 5.65. The summed E-state index contributed by atoms with van der Waals surface area (Å²) in [6.45, 7) is 2.97. The van der Waals surface area contributed by atoms with Gasteiger partial charge in [-0.05, 0) is 42.7 Å². The lowest BCUT2D eigenvalue weighted by molar-refractivity contribution is -0.132. The number of hydrogen-bond acceptors (Lipinski definition) is 3. The first kappa shape index (κ1) is 15.3. The van der Waals surface area contributed by atoms with Crippen molar-refractivity contribution in [2.24, 2.45) is 5.92 Å². The van der Waals surface area contributed by atoms with Crippen molar-refractivity contribution in [1.82, 2.24) is 5.32 Å². The molecular formula is C18H20N2O3. The average Bonchev–Trinajstić information content (AvgIpc) is 3.22. The minimum Gasteiger partial charge on any atom is -0.467 e. The number of anilines is 1. The van der Waals surface area contributed by atoms with Crippen LogP contribution in [-0.4, -0.2) is 18.4 Å². The van der Waals surface area contributed by atoms with Gasteiger partial charge >= 0.3 is 0 Å². The molecule has 1 N–H and O–H groups in total. The molecular weight excluding hydrogens is 292 g/mol. The Morgan fingerprint density at radius 3 is 2.74 bits per heavy atom. The highest BCUT2D eigenvalue weighted by atomic mass is 16.3. The molecule has 1 aliphatic heterocycles. The zero-order valence-electron chi connectivity index (χ0n) is 13.1. The topological polar surface area (TPSA) is 62.6 Å². The summed E-state index contributed by atoms with van der Waals surface area (Å²) in [5.74, 6) is -0.308. The van der Waals surface area contributed by atoms with E-state index in [9.17, 15) is 9.59 Å². The standard InChI is InChI=1S/C18H20N2O3/c1-2-13-5-7-14(8-6-13)20-10-9-16(18(20)22)17(21)19-12-15-4-3-11-23-15/h3-8,11,16H,2,9-10,12H2,1H3,(H,19,21). The summed E-state index contributed by atoms with van der Waals surface area (Å²) in [5.41, 5.74) is 2.08. The number of hydrogen-bond donors (Lipinski definition) is 1. The highest BCUT2D eigenvalue weighted by molar-refractivity contribution is 6.09. The highest BCUT2D eigenvalue weighted by Gasteiger charge is 2.37. The molecule has 2 amide bonds. The molecule has 5 heteroatoms. The summed E-state index contributed by atoms with van der Waals surface area (Å²) in [6.07, 6.45) is 3.06. The normalized spacial score (nSPS) is 17.5. The van der Waals surface area contributed by atoms with Crippen LogP contribution in [0.15, 0.2) is 47.1 Å². The maximum Gasteiger partial charge on any atom is 0.239 e. The van der Waals surface area contributed by atoms with Crippen LogP contribution < -0.4 is 10.2 Å². The lowest BCUT2D eigenvalue weighted by Gasteiger charge is -2.17. The Bertz CT molecular complexity index is 677. The Balaban J connectivity index is 1.62. The fourth-order valence-electron chi connectivity index (χ4n) is 2.80. The summed E-state index contributed by atoms with van der Waals surface area (Å²) in [7, 11) is 0. The van der Waals surface area contributed by atoms with Gasteiger partial charge in [0.05, 0.1) is 12.8 Å². The van der Waals surface area contributed by atoms with Gasteiger partial charge in [-0.2, -0.15) is 0 Å². The largest absolute Gasteiger partial charge is 0.467 e. The molecule has 2 heterocycles. The SMILES string of the molecule is CCc1ccc(N2CCC(C(=O)NCc3ccco3)C2=O)cc1. The van der Waals surface area contributed by atoms with Gasteiger partial charge in [0.1, 0.15) is 11.7 Å². The Morgan fingerprint density at radius 1 is 1.30 bits per heavy atom. The quantitative estimate of drug-likeness (QED) is 0.863. The zero-order valence-corrected chi connectivity index (χ0v) is 13.1. The molecule has 1 aromatic carbocycles. The van der Waals surface area contributed by atoms with Crippen LogP contribution in [0.1, 0.15) is 24.7 Å². The third-order valence-corrected chi connectivity index (χ3v) is 4.20. The van der Waals surface area contributed by atoms with Crippen molar-refractivity contribution in [1.29, 1.82) is 0 Å². The minimum atomic E-state index is -0.615. The van der Waals surface area contributed by atoms with Crippen LogP contribution >= 0.6 is 0 Å². The van der Waals surface area contributed by atoms with Crippen LogP contribution in [0.4, 0.5) is 5.69 Å². The number of nitrogens with one attached hydrogen (secondary N) is 1. The van der Waals surface area contributed by atoms with Crippen LogP contribution in [0, 0.1) is 5.92 Å². The lowest BCUT2D eigenvalue weighted by Crippen LogP contribution is -2.36. The predicted octanol–water partition coefficient (Wildman–Crippen LogP) is 2.51. The number of carbonyl (C=O) groups is 2. The molecule has 0 bridgehead atoms. The fourth-order valence-corrected chi connectivity index (χ4v) is 2.80. The van der Waals surface area contributed by atoms with Gasteiger partial charge in [-0.15, -0.1) is 0 Å². The van der Waals surface area contributed by atoms with Crippen molar-refractivity contribution in [2.45, 2.75) is 26.3 Å². The molecule has 0 spiro atoms. The molecule has 0 saturated carbocycles. The molecule has 1 aliphatic rings. The van der Waals surface area contributed by atoms with E-state index in [1.807, 2.05) is 24.3 Å². The van der Waals surface area contributed by atoms with E-state index in [1.54, 1.807) is 23.3 Å². The Labute approximate surface area is 135 Å². The van der Waals surface area contributed by atoms with E-state index >= 15 is 0 Å². The number of rotatable bonds is 5. The van der Waals surface area contributed by atoms with Gasteiger partial charge in [-0.25, -0.2) is 0 Å². The van der Waals surface area contributed by atoms with Crippen molar-refractivity contribution >= 4 is 17.5 Å². The summed E-state index contributed by atoms with van der Waals surface area (Å²) in [6, 6.07) is 11.5. The molecule has 120 valence electrons. The van der Waals surface area contributed by atoms with E-state index < -0.39 is 5.92 Å². The van der Waals surface area contributed by atoms with Crippen LogP contribution in [0.25, 0.3) is 0 Å². The van der Waals surface area contributed by atoms with Crippen LogP contribution in [0.2, 0.25) is 0 Å². The lowest BCUT2D eigenvalue weighted by atomic mass is 10.1. The Hall–Kier alpha value is -2.56. The van der Waals surface area contributed by atoms with E-state index in [-0.39, 0.29) is 11.8 Å². The molecule has 0 aliphatic carbocycles. The maximum absolute atomic E-state index is 12.5. The van der Waals surface area contributed by atoms with Gasteiger partial charge in [0.2, 0.25) is 11.8 Å². The van der Waals surface area contributed by atoms with Gasteiger partial charge in [0.25, 0.3) is 0 Å². The third kappa shape index (κ3) is 3.28. The van der Waals surface area contributed by atoms with Crippen molar-refractivity contribution in [3.63, 3.8) is 0 Å². The highest BCUT2D eigenvalue weighted by Crippen LogP contribution is 2.25. The van der Waals surface area contributed by atoms with Gasteiger partial charge < -0.3 is 14.6 Å². The third-order valence-electron chi connectivity index (χ3n) is 4.20. The monoisotopic (exact) mass is 312 g/mol. The van der Waals surface area contributed by atoms with E-state index in [4.69, 9.17) is 4.42 Å². The predicted molar refractivity (Wildman–Crippen MR) is 86.8 cm³/mol. The zero-order chi connectivity index (χ0) is 16.2. The first-order valence-corrected chi connectivity index (χ1v) is 7.89. The minimum absolute atomic E-state index is 0.133. The molecule has 1 aromatic heterocycles. The van der Waals surface area contributed by atoms with Gasteiger partial charge in [-0.3, -0.25) is 9.59 Å². The Morgan fingerprint density at radius 2 is 2.09 bits per heavy atom. The maximum atomic E-state index is 12.5. The van der Waals surface area contributed by atoms with E-state index in [0.29, 0.717) is 25.3 Å². The molecule has 2 aromatic rings. The fraction of sp³-hybridized carbons (Fsp3) is 0.333. The second kappa shape index (κ2) is 6.69. The van der Waals surface area contributed by atoms with E-state index in [2.05, 4.69) is 12.2 Å². The number of benzene rings is 1. The average molecular weight is 312 g/mol. The summed E-state index contributed by atoms with van der Waals surface area (Å²) in [5, 5.41) is 2.77. The summed E-state index contributed by atoms with van der Waals surface area (Å²) < 4.78 is 5.18. The molecule has 3 rings (SSSR count). The smallest absolute Gasteiger partial charge is 0.239 e. The van der Waals surface area contributed by atoms with Gasteiger partial charge in [0, 0.05) is 12.2 Å². The molecule has 1 atom stereocenters. The molecule has 1 fully saturated rings. The Kier molecular flexibility index (Phi) is 4.46. The molecule has 0 radical (unpaired) electrons. The van der Waals surface area contributed by atoms with Crippen molar-refractivity contribution in [2.75, 3.05) is 11.4 Å².